The van der Waals surface area contributed by atoms with Crippen molar-refractivity contribution < 1.29 is 13.2 Å². The van der Waals surface area contributed by atoms with E-state index in [4.69, 9.17) is 11.6 Å². The molecule has 0 bridgehead atoms. The molecule has 0 fully saturated rings. The Labute approximate surface area is 175 Å². The van der Waals surface area contributed by atoms with E-state index in [0.717, 1.165) is 11.1 Å². The molecule has 3 aromatic rings. The van der Waals surface area contributed by atoms with Gasteiger partial charge in [-0.15, -0.1) is 0 Å². The molecule has 0 atom stereocenters. The zero-order chi connectivity index (χ0) is 20.9. The largest absolute Gasteiger partial charge is 0.352 e. The second-order valence-electron chi connectivity index (χ2n) is 6.58. The van der Waals surface area contributed by atoms with Crippen molar-refractivity contribution in [3.63, 3.8) is 0 Å². The number of rotatable bonds is 7. The molecule has 150 valence electrons. The number of benzene rings is 3. The molecule has 2 N–H and O–H groups in total. The third-order valence-corrected chi connectivity index (χ3v) is 6.06. The van der Waals surface area contributed by atoms with Crippen LogP contribution >= 0.6 is 11.6 Å². The summed E-state index contributed by atoms with van der Waals surface area (Å²) in [6.45, 7) is 2.30. The number of hydrogen-bond acceptors (Lipinski definition) is 3. The Hall–Kier alpha value is -2.83. The summed E-state index contributed by atoms with van der Waals surface area (Å²) < 4.78 is 27.7. The van der Waals surface area contributed by atoms with Gasteiger partial charge in [-0.05, 0) is 66.9 Å². The summed E-state index contributed by atoms with van der Waals surface area (Å²) in [6.07, 6.45) is 0.676. The molecule has 7 heteroatoms. The van der Waals surface area contributed by atoms with Crippen LogP contribution in [0.1, 0.15) is 21.5 Å². The fourth-order valence-electron chi connectivity index (χ4n) is 2.75. The Morgan fingerprint density at radius 1 is 0.931 bits per heavy atom. The molecule has 0 aliphatic heterocycles. The summed E-state index contributed by atoms with van der Waals surface area (Å²) in [7, 11) is -3.73. The van der Waals surface area contributed by atoms with E-state index >= 15 is 0 Å². The first-order chi connectivity index (χ1) is 13.8. The third kappa shape index (κ3) is 5.59. The molecular formula is C22H21ClN2O3S. The highest BCUT2D eigenvalue weighted by atomic mass is 35.5. The second kappa shape index (κ2) is 9.11. The van der Waals surface area contributed by atoms with E-state index in [0.29, 0.717) is 29.2 Å². The number of anilines is 1. The van der Waals surface area contributed by atoms with E-state index in [1.54, 1.807) is 12.1 Å². The Kier molecular flexibility index (Phi) is 6.56. The predicted octanol–water partition coefficient (Wildman–Crippen LogP) is 4.42. The summed E-state index contributed by atoms with van der Waals surface area (Å²) in [5.41, 5.74) is 2.82. The number of halogens is 1. The SMILES string of the molecule is Cc1ccccc1NS(=O)(=O)c1ccc(C(=O)NCCc2ccc(Cl)cc2)cc1. The van der Waals surface area contributed by atoms with Gasteiger partial charge in [0.25, 0.3) is 15.9 Å². The minimum atomic E-state index is -3.73. The molecule has 1 amide bonds. The molecule has 0 saturated carbocycles. The highest BCUT2D eigenvalue weighted by Crippen LogP contribution is 2.19. The second-order valence-corrected chi connectivity index (χ2v) is 8.70. The van der Waals surface area contributed by atoms with Crippen molar-refractivity contribution in [2.45, 2.75) is 18.2 Å². The lowest BCUT2D eigenvalue weighted by Gasteiger charge is -2.11. The fraction of sp³-hybridized carbons (Fsp3) is 0.136. The highest BCUT2D eigenvalue weighted by molar-refractivity contribution is 7.92. The molecule has 0 heterocycles. The van der Waals surface area contributed by atoms with Gasteiger partial charge in [0.2, 0.25) is 0 Å². The normalized spacial score (nSPS) is 11.1. The number of nitrogens with one attached hydrogen (secondary N) is 2. The lowest BCUT2D eigenvalue weighted by atomic mass is 10.1. The van der Waals surface area contributed by atoms with Crippen LogP contribution in [-0.2, 0) is 16.4 Å². The fourth-order valence-corrected chi connectivity index (χ4v) is 4.01. The van der Waals surface area contributed by atoms with Crippen molar-refractivity contribution >= 4 is 33.2 Å². The Morgan fingerprint density at radius 2 is 1.59 bits per heavy atom. The van der Waals surface area contributed by atoms with Crippen LogP contribution in [0, 0.1) is 6.92 Å². The zero-order valence-corrected chi connectivity index (χ0v) is 17.4. The van der Waals surface area contributed by atoms with Crippen LogP contribution in [0.5, 0.6) is 0 Å². The topological polar surface area (TPSA) is 75.3 Å². The van der Waals surface area contributed by atoms with Crippen molar-refractivity contribution in [3.8, 4) is 0 Å². The average Bonchev–Trinajstić information content (AvgIpc) is 2.71. The number of sulfonamides is 1. The summed E-state index contributed by atoms with van der Waals surface area (Å²) in [6, 6.07) is 20.4. The summed E-state index contributed by atoms with van der Waals surface area (Å²) in [5, 5.41) is 3.50. The number of aryl methyl sites for hydroxylation is 1. The minimum Gasteiger partial charge on any atom is -0.352 e. The molecule has 0 aromatic heterocycles. The van der Waals surface area contributed by atoms with E-state index in [9.17, 15) is 13.2 Å². The first kappa shape index (κ1) is 20.9. The van der Waals surface area contributed by atoms with Gasteiger partial charge < -0.3 is 5.32 Å². The van der Waals surface area contributed by atoms with Gasteiger partial charge in [0.15, 0.2) is 0 Å². The Bertz CT molecular complexity index is 1100. The van der Waals surface area contributed by atoms with E-state index in [1.165, 1.54) is 24.3 Å². The standard InChI is InChI=1S/C22H21ClN2O3S/c1-16-4-2-3-5-21(16)25-29(27,28)20-12-8-18(9-13-20)22(26)24-15-14-17-6-10-19(23)11-7-17/h2-13,25H,14-15H2,1H3,(H,24,26). The molecule has 5 nitrogen and oxygen atoms in total. The van der Waals surface area contributed by atoms with Crippen molar-refractivity contribution in [1.82, 2.24) is 5.32 Å². The van der Waals surface area contributed by atoms with Crippen LogP contribution in [0.4, 0.5) is 5.69 Å². The van der Waals surface area contributed by atoms with Gasteiger partial charge in [-0.1, -0.05) is 41.9 Å². The molecule has 0 unspecified atom stereocenters. The maximum atomic E-state index is 12.6. The number of carbonyl (C=O) groups is 1. The van der Waals surface area contributed by atoms with Gasteiger partial charge in [0.05, 0.1) is 10.6 Å². The van der Waals surface area contributed by atoms with E-state index < -0.39 is 10.0 Å². The van der Waals surface area contributed by atoms with Crippen LogP contribution < -0.4 is 10.0 Å². The number of carbonyl (C=O) groups excluding carboxylic acids is 1. The first-order valence-corrected chi connectivity index (χ1v) is 10.9. The van der Waals surface area contributed by atoms with Gasteiger partial charge >= 0.3 is 0 Å². The monoisotopic (exact) mass is 428 g/mol. The van der Waals surface area contributed by atoms with Crippen molar-refractivity contribution in [3.05, 3.63) is 94.5 Å². The lowest BCUT2D eigenvalue weighted by molar-refractivity contribution is 0.0954. The van der Waals surface area contributed by atoms with Gasteiger partial charge in [-0.25, -0.2) is 8.42 Å². The molecule has 0 spiro atoms. The zero-order valence-electron chi connectivity index (χ0n) is 15.9. The molecule has 3 rings (SSSR count). The Morgan fingerprint density at radius 3 is 2.24 bits per heavy atom. The average molecular weight is 429 g/mol. The predicted molar refractivity (Wildman–Crippen MR) is 116 cm³/mol. The van der Waals surface area contributed by atoms with Gasteiger partial charge in [-0.2, -0.15) is 0 Å². The molecule has 29 heavy (non-hydrogen) atoms. The molecular weight excluding hydrogens is 408 g/mol. The minimum absolute atomic E-state index is 0.0958. The van der Waals surface area contributed by atoms with Gasteiger partial charge in [0, 0.05) is 17.1 Å². The van der Waals surface area contributed by atoms with E-state index in [1.807, 2.05) is 43.3 Å². The summed E-state index contributed by atoms with van der Waals surface area (Å²) in [4.78, 5) is 12.4. The third-order valence-electron chi connectivity index (χ3n) is 4.43. The lowest BCUT2D eigenvalue weighted by Crippen LogP contribution is -2.25. The van der Waals surface area contributed by atoms with Gasteiger partial charge in [0.1, 0.15) is 0 Å². The number of hydrogen-bond donors (Lipinski definition) is 2. The van der Waals surface area contributed by atoms with Crippen LogP contribution in [0.2, 0.25) is 5.02 Å². The van der Waals surface area contributed by atoms with Crippen LogP contribution in [0.15, 0.2) is 77.7 Å². The number of amides is 1. The molecule has 0 aliphatic rings. The van der Waals surface area contributed by atoms with Crippen molar-refractivity contribution in [2.75, 3.05) is 11.3 Å². The number of para-hydroxylation sites is 1. The molecule has 3 aromatic carbocycles. The van der Waals surface area contributed by atoms with E-state index in [-0.39, 0.29) is 10.8 Å². The summed E-state index contributed by atoms with van der Waals surface area (Å²) >= 11 is 5.86. The molecule has 0 radical (unpaired) electrons. The van der Waals surface area contributed by atoms with Crippen LogP contribution in [-0.4, -0.2) is 20.9 Å². The van der Waals surface area contributed by atoms with Crippen LogP contribution in [0.3, 0.4) is 0 Å². The van der Waals surface area contributed by atoms with Crippen molar-refractivity contribution in [1.29, 1.82) is 0 Å². The maximum absolute atomic E-state index is 12.6. The van der Waals surface area contributed by atoms with Gasteiger partial charge in [-0.3, -0.25) is 9.52 Å². The Balaban J connectivity index is 1.60. The van der Waals surface area contributed by atoms with Crippen LogP contribution in [0.25, 0.3) is 0 Å². The highest BCUT2D eigenvalue weighted by Gasteiger charge is 2.16. The molecule has 0 saturated heterocycles. The maximum Gasteiger partial charge on any atom is 0.261 e. The smallest absolute Gasteiger partial charge is 0.261 e. The van der Waals surface area contributed by atoms with E-state index in [2.05, 4.69) is 10.0 Å². The quantitative estimate of drug-likeness (QED) is 0.584. The summed E-state index contributed by atoms with van der Waals surface area (Å²) in [5.74, 6) is -0.255. The molecule has 0 aliphatic carbocycles. The van der Waals surface area contributed by atoms with Crippen molar-refractivity contribution in [2.24, 2.45) is 0 Å². The first-order valence-electron chi connectivity index (χ1n) is 9.06.